The third kappa shape index (κ3) is 21.7. The van der Waals surface area contributed by atoms with Gasteiger partial charge in [0.05, 0.1) is 0 Å². The van der Waals surface area contributed by atoms with E-state index in [9.17, 15) is 0 Å². The van der Waals surface area contributed by atoms with E-state index in [0.29, 0.717) is 0 Å². The first-order valence-electron chi connectivity index (χ1n) is 11.1. The highest BCUT2D eigenvalue weighted by Crippen LogP contribution is 2.13. The maximum Gasteiger partial charge on any atom is -0.0351 e. The maximum atomic E-state index is 2.40. The molecule has 0 saturated heterocycles. The summed E-state index contributed by atoms with van der Waals surface area (Å²) < 4.78 is 0. The summed E-state index contributed by atoms with van der Waals surface area (Å²) in [5.41, 5.74) is 0. The first-order chi connectivity index (χ1) is 11.4. The topological polar surface area (TPSA) is 0 Å². The molecule has 0 heterocycles. The highest BCUT2D eigenvalue weighted by Gasteiger charge is 1.94. The fourth-order valence-electron chi connectivity index (χ4n) is 3.19. The quantitative estimate of drug-likeness (QED) is 0.164. The van der Waals surface area contributed by atoms with E-state index in [-0.39, 0.29) is 0 Å². The third-order valence-corrected chi connectivity index (χ3v) is 4.87. The van der Waals surface area contributed by atoms with Gasteiger partial charge in [-0.3, -0.25) is 0 Å². The molecule has 0 bridgehead atoms. The monoisotopic (exact) mass is 322 g/mol. The Morgan fingerprint density at radius 2 is 0.652 bits per heavy atom. The first kappa shape index (κ1) is 22.7. The second-order valence-corrected chi connectivity index (χ2v) is 7.35. The summed E-state index contributed by atoms with van der Waals surface area (Å²) >= 11 is 0. The molecule has 0 spiro atoms. The second kappa shape index (κ2) is 21.7. The van der Waals surface area contributed by atoms with Gasteiger partial charge in [-0.1, -0.05) is 129 Å². The smallest absolute Gasteiger partial charge is 0.0351 e. The summed E-state index contributed by atoms with van der Waals surface area (Å²) in [7, 11) is 0. The molecule has 0 atom stereocenters. The summed E-state index contributed by atoms with van der Waals surface area (Å²) in [6.45, 7) is 4.56. The lowest BCUT2D eigenvalue weighted by Gasteiger charge is -2.03. The SMILES string of the molecule is CCCCC=CCCCCCCCCCCCCCCCCC. The molecule has 0 aliphatic heterocycles. The average Bonchev–Trinajstić information content (AvgIpc) is 2.57. The Balaban J connectivity index is 2.98. The minimum atomic E-state index is 1.29. The average molecular weight is 323 g/mol. The van der Waals surface area contributed by atoms with E-state index in [0.717, 1.165) is 0 Å². The van der Waals surface area contributed by atoms with Gasteiger partial charge in [-0.25, -0.2) is 0 Å². The van der Waals surface area contributed by atoms with Gasteiger partial charge in [0.2, 0.25) is 0 Å². The van der Waals surface area contributed by atoms with Crippen molar-refractivity contribution in [1.82, 2.24) is 0 Å². The van der Waals surface area contributed by atoms with E-state index < -0.39 is 0 Å². The largest absolute Gasteiger partial charge is 0.0885 e. The summed E-state index contributed by atoms with van der Waals surface area (Å²) in [5.74, 6) is 0. The van der Waals surface area contributed by atoms with Gasteiger partial charge in [0.15, 0.2) is 0 Å². The Morgan fingerprint density at radius 1 is 0.348 bits per heavy atom. The Hall–Kier alpha value is -0.260. The molecule has 0 aromatic heterocycles. The van der Waals surface area contributed by atoms with Crippen molar-refractivity contribution in [2.75, 3.05) is 0 Å². The van der Waals surface area contributed by atoms with Gasteiger partial charge in [-0.05, 0) is 19.3 Å². The van der Waals surface area contributed by atoms with Crippen LogP contribution in [0.25, 0.3) is 0 Å². The summed E-state index contributed by atoms with van der Waals surface area (Å²) in [6, 6.07) is 0. The van der Waals surface area contributed by atoms with Crippen LogP contribution in [0.1, 0.15) is 136 Å². The van der Waals surface area contributed by atoms with Gasteiger partial charge >= 0.3 is 0 Å². The molecule has 0 saturated carbocycles. The molecule has 0 heteroatoms. The van der Waals surface area contributed by atoms with Crippen LogP contribution in [-0.2, 0) is 0 Å². The van der Waals surface area contributed by atoms with Gasteiger partial charge in [-0.2, -0.15) is 0 Å². The highest BCUT2D eigenvalue weighted by molar-refractivity contribution is 4.81. The van der Waals surface area contributed by atoms with Gasteiger partial charge < -0.3 is 0 Å². The molecular weight excluding hydrogens is 276 g/mol. The van der Waals surface area contributed by atoms with E-state index in [1.807, 2.05) is 0 Å². The minimum absolute atomic E-state index is 1.29. The zero-order valence-electron chi connectivity index (χ0n) is 16.6. The molecule has 23 heavy (non-hydrogen) atoms. The van der Waals surface area contributed by atoms with Gasteiger partial charge in [0.1, 0.15) is 0 Å². The standard InChI is InChI=1S/C23H46/c1-3-5-7-9-11-13-15-17-19-21-23-22-20-18-16-14-12-10-8-6-4-2/h9,11H,3-8,10,12-23H2,1-2H3. The van der Waals surface area contributed by atoms with Crippen LogP contribution in [0.5, 0.6) is 0 Å². The van der Waals surface area contributed by atoms with Crippen LogP contribution in [0.3, 0.4) is 0 Å². The lowest BCUT2D eigenvalue weighted by molar-refractivity contribution is 0.533. The molecule has 0 aromatic carbocycles. The predicted octanol–water partition coefficient (Wildman–Crippen LogP) is 8.99. The number of allylic oxidation sites excluding steroid dienone is 2. The molecule has 0 aliphatic rings. The van der Waals surface area contributed by atoms with E-state index in [1.165, 1.54) is 122 Å². The van der Waals surface area contributed by atoms with Crippen LogP contribution >= 0.6 is 0 Å². The van der Waals surface area contributed by atoms with Gasteiger partial charge in [-0.15, -0.1) is 0 Å². The van der Waals surface area contributed by atoms with E-state index >= 15 is 0 Å². The van der Waals surface area contributed by atoms with E-state index in [2.05, 4.69) is 26.0 Å². The number of hydrogen-bond acceptors (Lipinski definition) is 0. The lowest BCUT2D eigenvalue weighted by Crippen LogP contribution is -1.83. The molecule has 0 aromatic rings. The van der Waals surface area contributed by atoms with Crippen molar-refractivity contribution in [1.29, 1.82) is 0 Å². The number of hydrogen-bond donors (Lipinski definition) is 0. The lowest BCUT2D eigenvalue weighted by atomic mass is 10.0. The zero-order valence-corrected chi connectivity index (χ0v) is 16.6. The Kier molecular flexibility index (Phi) is 21.5. The number of rotatable bonds is 19. The van der Waals surface area contributed by atoms with Crippen molar-refractivity contribution in [3.8, 4) is 0 Å². The van der Waals surface area contributed by atoms with Crippen LogP contribution in [0, 0.1) is 0 Å². The van der Waals surface area contributed by atoms with Crippen molar-refractivity contribution in [2.24, 2.45) is 0 Å². The molecular formula is C23H46. The van der Waals surface area contributed by atoms with Crippen molar-refractivity contribution >= 4 is 0 Å². The fraction of sp³-hybridized carbons (Fsp3) is 0.913. The summed E-state index contributed by atoms with van der Waals surface area (Å²) in [4.78, 5) is 0. The van der Waals surface area contributed by atoms with Gasteiger partial charge in [0.25, 0.3) is 0 Å². The third-order valence-electron chi connectivity index (χ3n) is 4.87. The second-order valence-electron chi connectivity index (χ2n) is 7.35. The van der Waals surface area contributed by atoms with Crippen LogP contribution in [0.4, 0.5) is 0 Å². The highest BCUT2D eigenvalue weighted by atomic mass is 14.0. The Morgan fingerprint density at radius 3 is 1.04 bits per heavy atom. The maximum absolute atomic E-state index is 2.40. The van der Waals surface area contributed by atoms with E-state index in [1.54, 1.807) is 0 Å². The molecule has 0 N–H and O–H groups in total. The first-order valence-corrected chi connectivity index (χ1v) is 11.1. The van der Waals surface area contributed by atoms with Crippen molar-refractivity contribution in [2.45, 2.75) is 136 Å². The molecule has 0 rings (SSSR count). The molecule has 138 valence electrons. The van der Waals surface area contributed by atoms with Crippen molar-refractivity contribution < 1.29 is 0 Å². The Bertz CT molecular complexity index is 216. The minimum Gasteiger partial charge on any atom is -0.0885 e. The summed E-state index contributed by atoms with van der Waals surface area (Å²) in [5, 5.41) is 0. The fourth-order valence-corrected chi connectivity index (χ4v) is 3.19. The molecule has 0 unspecified atom stereocenters. The van der Waals surface area contributed by atoms with Crippen molar-refractivity contribution in [3.05, 3.63) is 12.2 Å². The molecule has 0 amide bonds. The van der Waals surface area contributed by atoms with E-state index in [4.69, 9.17) is 0 Å². The summed E-state index contributed by atoms with van der Waals surface area (Å²) in [6.07, 6.45) is 31.9. The number of unbranched alkanes of at least 4 members (excludes halogenated alkanes) is 17. The van der Waals surface area contributed by atoms with Crippen molar-refractivity contribution in [3.63, 3.8) is 0 Å². The van der Waals surface area contributed by atoms with Crippen LogP contribution in [0.2, 0.25) is 0 Å². The predicted molar refractivity (Wildman–Crippen MR) is 108 cm³/mol. The molecule has 0 aliphatic carbocycles. The molecule has 0 radical (unpaired) electrons. The van der Waals surface area contributed by atoms with Crippen LogP contribution in [-0.4, -0.2) is 0 Å². The molecule has 0 nitrogen and oxygen atoms in total. The van der Waals surface area contributed by atoms with Crippen LogP contribution < -0.4 is 0 Å². The molecule has 0 fully saturated rings. The van der Waals surface area contributed by atoms with Gasteiger partial charge in [0, 0.05) is 0 Å². The Labute approximate surface area is 148 Å². The zero-order chi connectivity index (χ0) is 16.8. The van der Waals surface area contributed by atoms with Crippen LogP contribution in [0.15, 0.2) is 12.2 Å². The normalized spacial score (nSPS) is 11.6.